The summed E-state index contributed by atoms with van der Waals surface area (Å²) in [6.45, 7) is 5.36. The SMILES string of the molecule is Cc1noc(C)c1CC(=O)N1CC(C(=O)N2CCCCC2)Oc2ccccc21. The highest BCUT2D eigenvalue weighted by Crippen LogP contribution is 2.34. The van der Waals surface area contributed by atoms with Crippen LogP contribution < -0.4 is 9.64 Å². The van der Waals surface area contributed by atoms with Gasteiger partial charge in [-0.2, -0.15) is 0 Å². The van der Waals surface area contributed by atoms with Crippen LogP contribution in [0.5, 0.6) is 5.75 Å². The number of para-hydroxylation sites is 2. The minimum atomic E-state index is -0.679. The number of hydrogen-bond acceptors (Lipinski definition) is 5. The maximum Gasteiger partial charge on any atom is 0.265 e. The van der Waals surface area contributed by atoms with Crippen molar-refractivity contribution in [3.8, 4) is 5.75 Å². The molecular weight excluding hydrogens is 358 g/mol. The molecule has 0 bridgehead atoms. The van der Waals surface area contributed by atoms with Crippen molar-refractivity contribution in [2.45, 2.75) is 45.6 Å². The zero-order chi connectivity index (χ0) is 19.7. The summed E-state index contributed by atoms with van der Waals surface area (Å²) in [6.07, 6.45) is 2.69. The fourth-order valence-electron chi connectivity index (χ4n) is 3.92. The summed E-state index contributed by atoms with van der Waals surface area (Å²) in [5.41, 5.74) is 2.21. The van der Waals surface area contributed by atoms with E-state index in [0.717, 1.165) is 37.9 Å². The lowest BCUT2D eigenvalue weighted by Crippen LogP contribution is -2.53. The first-order valence-electron chi connectivity index (χ1n) is 9.81. The van der Waals surface area contributed by atoms with Gasteiger partial charge < -0.3 is 19.1 Å². The third-order valence-corrected chi connectivity index (χ3v) is 5.53. The highest BCUT2D eigenvalue weighted by atomic mass is 16.5. The maximum atomic E-state index is 13.2. The smallest absolute Gasteiger partial charge is 0.265 e. The van der Waals surface area contributed by atoms with Crippen LogP contribution in [0.15, 0.2) is 28.8 Å². The predicted octanol–water partition coefficient (Wildman–Crippen LogP) is 2.64. The lowest BCUT2D eigenvalue weighted by Gasteiger charge is -2.37. The second-order valence-corrected chi connectivity index (χ2v) is 7.44. The van der Waals surface area contributed by atoms with Gasteiger partial charge in [0.1, 0.15) is 11.5 Å². The third kappa shape index (κ3) is 3.48. The van der Waals surface area contributed by atoms with Crippen molar-refractivity contribution in [1.29, 1.82) is 0 Å². The van der Waals surface area contributed by atoms with Gasteiger partial charge in [-0.25, -0.2) is 0 Å². The molecule has 148 valence electrons. The number of aromatic nitrogens is 1. The number of nitrogens with zero attached hydrogens (tertiary/aromatic N) is 3. The number of hydrogen-bond donors (Lipinski definition) is 0. The van der Waals surface area contributed by atoms with Crippen LogP contribution in [-0.4, -0.2) is 47.6 Å². The molecule has 28 heavy (non-hydrogen) atoms. The van der Waals surface area contributed by atoms with E-state index in [1.807, 2.05) is 30.0 Å². The summed E-state index contributed by atoms with van der Waals surface area (Å²) >= 11 is 0. The van der Waals surface area contributed by atoms with E-state index in [0.29, 0.717) is 22.9 Å². The average Bonchev–Trinajstić information content (AvgIpc) is 3.05. The third-order valence-electron chi connectivity index (χ3n) is 5.53. The number of carbonyl (C=O) groups excluding carboxylic acids is 2. The molecule has 2 amide bonds. The van der Waals surface area contributed by atoms with Gasteiger partial charge in [0.2, 0.25) is 5.91 Å². The quantitative estimate of drug-likeness (QED) is 0.814. The molecule has 0 saturated carbocycles. The molecule has 3 heterocycles. The molecule has 2 aromatic rings. The summed E-state index contributed by atoms with van der Waals surface area (Å²) < 4.78 is 11.2. The molecular formula is C21H25N3O4. The van der Waals surface area contributed by atoms with E-state index in [2.05, 4.69) is 5.16 Å². The van der Waals surface area contributed by atoms with E-state index in [1.54, 1.807) is 17.9 Å². The van der Waals surface area contributed by atoms with Crippen LogP contribution in [0.1, 0.15) is 36.3 Å². The number of piperidine rings is 1. The summed E-state index contributed by atoms with van der Waals surface area (Å²) in [7, 11) is 0. The molecule has 1 saturated heterocycles. The number of benzene rings is 1. The van der Waals surface area contributed by atoms with Crippen LogP contribution in [0.3, 0.4) is 0 Å². The summed E-state index contributed by atoms with van der Waals surface area (Å²) in [4.78, 5) is 29.7. The summed E-state index contributed by atoms with van der Waals surface area (Å²) in [5.74, 6) is 1.08. The highest BCUT2D eigenvalue weighted by Gasteiger charge is 2.36. The highest BCUT2D eigenvalue weighted by molar-refractivity contribution is 5.98. The number of ether oxygens (including phenoxy) is 1. The van der Waals surface area contributed by atoms with Crippen molar-refractivity contribution in [3.05, 3.63) is 41.3 Å². The Kier molecular flexibility index (Phi) is 5.07. The van der Waals surface area contributed by atoms with Gasteiger partial charge in [-0.1, -0.05) is 17.3 Å². The minimum Gasteiger partial charge on any atom is -0.476 e. The van der Waals surface area contributed by atoms with Crippen LogP contribution >= 0.6 is 0 Å². The van der Waals surface area contributed by atoms with E-state index in [4.69, 9.17) is 9.26 Å². The van der Waals surface area contributed by atoms with Gasteiger partial charge in [-0.05, 0) is 45.2 Å². The average molecular weight is 383 g/mol. The number of fused-ring (bicyclic) bond motifs is 1. The van der Waals surface area contributed by atoms with Crippen molar-refractivity contribution >= 4 is 17.5 Å². The Morgan fingerprint density at radius 3 is 2.61 bits per heavy atom. The second kappa shape index (κ2) is 7.66. The zero-order valence-electron chi connectivity index (χ0n) is 16.3. The molecule has 0 aliphatic carbocycles. The van der Waals surface area contributed by atoms with Crippen molar-refractivity contribution < 1.29 is 18.8 Å². The molecule has 7 heteroatoms. The number of aryl methyl sites for hydroxylation is 2. The topological polar surface area (TPSA) is 75.9 Å². The van der Waals surface area contributed by atoms with E-state index in [-0.39, 0.29) is 24.8 Å². The molecule has 1 fully saturated rings. The molecule has 1 aromatic heterocycles. The van der Waals surface area contributed by atoms with Gasteiger partial charge in [0, 0.05) is 18.7 Å². The normalized spacial score (nSPS) is 19.1. The summed E-state index contributed by atoms with van der Waals surface area (Å²) in [6, 6.07) is 7.37. The largest absolute Gasteiger partial charge is 0.476 e. The molecule has 0 spiro atoms. The van der Waals surface area contributed by atoms with E-state index >= 15 is 0 Å². The van der Waals surface area contributed by atoms with Crippen molar-refractivity contribution in [2.24, 2.45) is 0 Å². The number of rotatable bonds is 3. The Balaban J connectivity index is 1.58. The number of likely N-dealkylation sites (tertiary alicyclic amines) is 1. The van der Waals surface area contributed by atoms with Crippen LogP contribution in [0.2, 0.25) is 0 Å². The first kappa shape index (κ1) is 18.5. The number of anilines is 1. The molecule has 1 unspecified atom stereocenters. The minimum absolute atomic E-state index is 0.0376. The Labute approximate surface area is 164 Å². The fourth-order valence-corrected chi connectivity index (χ4v) is 3.92. The number of amides is 2. The maximum absolute atomic E-state index is 13.2. The Bertz CT molecular complexity index is 866. The van der Waals surface area contributed by atoms with Gasteiger partial charge in [0.25, 0.3) is 5.91 Å². The van der Waals surface area contributed by atoms with Gasteiger partial charge >= 0.3 is 0 Å². The van der Waals surface area contributed by atoms with E-state index in [9.17, 15) is 9.59 Å². The van der Waals surface area contributed by atoms with Crippen molar-refractivity contribution in [1.82, 2.24) is 10.1 Å². The second-order valence-electron chi connectivity index (χ2n) is 7.44. The standard InChI is InChI=1S/C21H25N3O4/c1-14-16(15(2)28-22-14)12-20(25)24-13-19(21(26)23-10-6-3-7-11-23)27-18-9-5-4-8-17(18)24/h4-5,8-9,19H,3,6-7,10-13H2,1-2H3. The van der Waals surface area contributed by atoms with Crippen LogP contribution in [-0.2, 0) is 16.0 Å². The van der Waals surface area contributed by atoms with Crippen LogP contribution in [0.25, 0.3) is 0 Å². The van der Waals surface area contributed by atoms with Crippen LogP contribution in [0.4, 0.5) is 5.69 Å². The van der Waals surface area contributed by atoms with Crippen molar-refractivity contribution in [3.63, 3.8) is 0 Å². The molecule has 2 aliphatic heterocycles. The Morgan fingerprint density at radius 2 is 1.89 bits per heavy atom. The lowest BCUT2D eigenvalue weighted by atomic mass is 10.1. The van der Waals surface area contributed by atoms with Crippen LogP contribution in [0, 0.1) is 13.8 Å². The first-order valence-corrected chi connectivity index (χ1v) is 9.81. The molecule has 2 aliphatic rings. The summed E-state index contributed by atoms with van der Waals surface area (Å²) in [5, 5.41) is 3.93. The number of carbonyl (C=O) groups is 2. The molecule has 0 radical (unpaired) electrons. The van der Waals surface area contributed by atoms with Gasteiger partial charge in [0.15, 0.2) is 6.10 Å². The first-order chi connectivity index (χ1) is 13.5. The molecule has 1 atom stereocenters. The van der Waals surface area contributed by atoms with E-state index in [1.165, 1.54) is 0 Å². The molecule has 0 N–H and O–H groups in total. The van der Waals surface area contributed by atoms with Gasteiger partial charge in [-0.15, -0.1) is 0 Å². The van der Waals surface area contributed by atoms with Gasteiger partial charge in [-0.3, -0.25) is 9.59 Å². The van der Waals surface area contributed by atoms with Crippen molar-refractivity contribution in [2.75, 3.05) is 24.5 Å². The Morgan fingerprint density at radius 1 is 1.14 bits per heavy atom. The zero-order valence-corrected chi connectivity index (χ0v) is 16.3. The molecule has 4 rings (SSSR count). The van der Waals surface area contributed by atoms with E-state index < -0.39 is 6.10 Å². The predicted molar refractivity (Wildman–Crippen MR) is 103 cm³/mol. The fraction of sp³-hybridized carbons (Fsp3) is 0.476. The molecule has 1 aromatic carbocycles. The Hall–Kier alpha value is -2.83. The monoisotopic (exact) mass is 383 g/mol. The lowest BCUT2D eigenvalue weighted by molar-refractivity contribution is -0.139. The van der Waals surface area contributed by atoms with Gasteiger partial charge in [0.05, 0.1) is 24.3 Å². The molecule has 7 nitrogen and oxygen atoms in total.